The molecule has 0 aromatic heterocycles. The van der Waals surface area contributed by atoms with E-state index >= 15 is 0 Å². The Hall–Kier alpha value is -2.63. The van der Waals surface area contributed by atoms with E-state index in [-0.39, 0.29) is 11.7 Å². The number of halogens is 2. The van der Waals surface area contributed by atoms with Gasteiger partial charge in [-0.15, -0.1) is 0 Å². The third-order valence-electron chi connectivity index (χ3n) is 3.56. The molecular weight excluding hydrogens is 316 g/mol. The number of para-hydroxylation sites is 1. The van der Waals surface area contributed by atoms with Gasteiger partial charge in [0.2, 0.25) is 0 Å². The maximum atomic E-state index is 12.6. The summed E-state index contributed by atoms with van der Waals surface area (Å²) in [5.74, 6) is 0.315. The number of carbonyl (C=O) groups is 1. The predicted molar refractivity (Wildman–Crippen MR) is 86.6 cm³/mol. The summed E-state index contributed by atoms with van der Waals surface area (Å²) in [4.78, 5) is 12.4. The monoisotopic (exact) mass is 335 g/mol. The number of hydrogen-bond acceptors (Lipinski definition) is 3. The summed E-state index contributed by atoms with van der Waals surface area (Å²) in [5.41, 5.74) is 0.941. The first kappa shape index (κ1) is 17.7. The Bertz CT molecular complexity index is 691. The lowest BCUT2D eigenvalue weighted by Crippen LogP contribution is -2.28. The molecule has 1 atom stereocenters. The Kier molecular flexibility index (Phi) is 6.12. The van der Waals surface area contributed by atoms with Crippen LogP contribution < -0.4 is 14.8 Å². The first-order valence-corrected chi connectivity index (χ1v) is 7.53. The minimum Gasteiger partial charge on any atom is -0.497 e. The third kappa shape index (κ3) is 4.44. The zero-order valence-corrected chi connectivity index (χ0v) is 13.5. The van der Waals surface area contributed by atoms with Gasteiger partial charge in [-0.3, -0.25) is 4.79 Å². The molecule has 0 saturated carbocycles. The van der Waals surface area contributed by atoms with Gasteiger partial charge in [-0.2, -0.15) is 8.78 Å². The van der Waals surface area contributed by atoms with Crippen molar-refractivity contribution in [3.63, 3.8) is 0 Å². The van der Waals surface area contributed by atoms with Crippen LogP contribution in [0.1, 0.15) is 35.3 Å². The molecule has 2 aromatic rings. The van der Waals surface area contributed by atoms with Gasteiger partial charge in [0.05, 0.1) is 13.2 Å². The molecule has 4 nitrogen and oxygen atoms in total. The highest BCUT2D eigenvalue weighted by atomic mass is 19.3. The number of benzene rings is 2. The maximum absolute atomic E-state index is 12.6. The summed E-state index contributed by atoms with van der Waals surface area (Å²) in [6, 6.07) is 12.7. The molecule has 0 aliphatic carbocycles. The molecule has 2 rings (SSSR count). The normalized spacial score (nSPS) is 11.9. The van der Waals surface area contributed by atoms with Crippen molar-refractivity contribution in [3.05, 3.63) is 59.7 Å². The molecule has 0 radical (unpaired) electrons. The van der Waals surface area contributed by atoms with Gasteiger partial charge >= 0.3 is 6.61 Å². The van der Waals surface area contributed by atoms with E-state index in [1.165, 1.54) is 13.2 Å². The van der Waals surface area contributed by atoms with E-state index in [9.17, 15) is 13.6 Å². The average molecular weight is 335 g/mol. The van der Waals surface area contributed by atoms with E-state index in [2.05, 4.69) is 10.1 Å². The molecule has 128 valence electrons. The molecule has 1 amide bonds. The van der Waals surface area contributed by atoms with Gasteiger partial charge in [-0.05, 0) is 30.7 Å². The summed E-state index contributed by atoms with van der Waals surface area (Å²) < 4.78 is 34.8. The SMILES string of the molecule is CC[C@H](NC(=O)c1cccc(OC)c1)c1ccccc1OC(F)F. The van der Waals surface area contributed by atoms with Crippen LogP contribution >= 0.6 is 0 Å². The molecule has 0 unspecified atom stereocenters. The van der Waals surface area contributed by atoms with Gasteiger partial charge in [0.25, 0.3) is 5.91 Å². The van der Waals surface area contributed by atoms with Gasteiger partial charge in [0, 0.05) is 11.1 Å². The van der Waals surface area contributed by atoms with Crippen LogP contribution in [-0.4, -0.2) is 19.6 Å². The summed E-state index contributed by atoms with van der Waals surface area (Å²) in [5, 5.41) is 2.84. The van der Waals surface area contributed by atoms with Crippen LogP contribution in [-0.2, 0) is 0 Å². The van der Waals surface area contributed by atoms with Crippen LogP contribution in [0.5, 0.6) is 11.5 Å². The second-order valence-electron chi connectivity index (χ2n) is 5.08. The summed E-state index contributed by atoms with van der Waals surface area (Å²) in [6.07, 6.45) is 0.527. The van der Waals surface area contributed by atoms with Crippen LogP contribution in [0.2, 0.25) is 0 Å². The predicted octanol–water partition coefficient (Wildman–Crippen LogP) is 4.18. The second-order valence-corrected chi connectivity index (χ2v) is 5.08. The quantitative estimate of drug-likeness (QED) is 0.826. The Morgan fingerprint density at radius 1 is 1.17 bits per heavy atom. The number of rotatable bonds is 7. The van der Waals surface area contributed by atoms with Crippen LogP contribution in [0.25, 0.3) is 0 Å². The highest BCUT2D eigenvalue weighted by Crippen LogP contribution is 2.28. The largest absolute Gasteiger partial charge is 0.497 e. The fourth-order valence-corrected chi connectivity index (χ4v) is 2.38. The van der Waals surface area contributed by atoms with Gasteiger partial charge in [0.15, 0.2) is 0 Å². The number of nitrogens with one attached hydrogen (secondary N) is 1. The average Bonchev–Trinajstić information content (AvgIpc) is 2.59. The Morgan fingerprint density at radius 3 is 2.58 bits per heavy atom. The third-order valence-corrected chi connectivity index (χ3v) is 3.56. The molecule has 0 bridgehead atoms. The molecular formula is C18H19F2NO3. The standard InChI is InChI=1S/C18H19F2NO3/c1-3-15(14-9-4-5-10-16(14)24-18(19)20)21-17(22)12-7-6-8-13(11-12)23-2/h4-11,15,18H,3H2,1-2H3,(H,21,22)/t15-/m0/s1. The second kappa shape index (κ2) is 8.29. The molecule has 24 heavy (non-hydrogen) atoms. The van der Waals surface area contributed by atoms with Crippen molar-refractivity contribution in [1.29, 1.82) is 0 Å². The van der Waals surface area contributed by atoms with Crippen molar-refractivity contribution in [2.75, 3.05) is 7.11 Å². The van der Waals surface area contributed by atoms with E-state index < -0.39 is 12.7 Å². The molecule has 6 heteroatoms. The van der Waals surface area contributed by atoms with Gasteiger partial charge < -0.3 is 14.8 Å². The van der Waals surface area contributed by atoms with Crippen molar-refractivity contribution < 1.29 is 23.0 Å². The Labute approximate surface area is 139 Å². The number of alkyl halides is 2. The zero-order chi connectivity index (χ0) is 17.5. The minimum atomic E-state index is -2.92. The lowest BCUT2D eigenvalue weighted by atomic mass is 10.0. The van der Waals surface area contributed by atoms with Crippen LogP contribution in [0.15, 0.2) is 48.5 Å². The lowest BCUT2D eigenvalue weighted by molar-refractivity contribution is -0.0506. The minimum absolute atomic E-state index is 0.0605. The summed E-state index contributed by atoms with van der Waals surface area (Å²) in [7, 11) is 1.52. The van der Waals surface area contributed by atoms with Crippen molar-refractivity contribution in [3.8, 4) is 11.5 Å². The summed E-state index contributed by atoms with van der Waals surface area (Å²) in [6.45, 7) is -1.06. The first-order chi connectivity index (χ1) is 11.5. The highest BCUT2D eigenvalue weighted by Gasteiger charge is 2.19. The zero-order valence-electron chi connectivity index (χ0n) is 13.5. The van der Waals surface area contributed by atoms with Crippen molar-refractivity contribution in [1.82, 2.24) is 5.32 Å². The molecule has 0 aliphatic rings. The number of amides is 1. The number of hydrogen-bond donors (Lipinski definition) is 1. The van der Waals surface area contributed by atoms with Crippen LogP contribution in [0, 0.1) is 0 Å². The molecule has 1 N–H and O–H groups in total. The van der Waals surface area contributed by atoms with E-state index in [1.54, 1.807) is 42.5 Å². The van der Waals surface area contributed by atoms with Crippen LogP contribution in [0.3, 0.4) is 0 Å². The van der Waals surface area contributed by atoms with E-state index in [0.29, 0.717) is 23.3 Å². The summed E-state index contributed by atoms with van der Waals surface area (Å²) >= 11 is 0. The van der Waals surface area contributed by atoms with Crippen molar-refractivity contribution >= 4 is 5.91 Å². The Balaban J connectivity index is 2.21. The van der Waals surface area contributed by atoms with Gasteiger partial charge in [0.1, 0.15) is 11.5 Å². The molecule has 0 fully saturated rings. The number of methoxy groups -OCH3 is 1. The van der Waals surface area contributed by atoms with E-state index in [0.717, 1.165) is 0 Å². The number of carbonyl (C=O) groups excluding carboxylic acids is 1. The molecule has 0 aliphatic heterocycles. The molecule has 0 saturated heterocycles. The molecule has 2 aromatic carbocycles. The van der Waals surface area contributed by atoms with Crippen molar-refractivity contribution in [2.24, 2.45) is 0 Å². The lowest BCUT2D eigenvalue weighted by Gasteiger charge is -2.20. The fourth-order valence-electron chi connectivity index (χ4n) is 2.38. The van der Waals surface area contributed by atoms with E-state index in [1.807, 2.05) is 6.92 Å². The van der Waals surface area contributed by atoms with Gasteiger partial charge in [-0.25, -0.2) is 0 Å². The smallest absolute Gasteiger partial charge is 0.387 e. The molecule has 0 spiro atoms. The first-order valence-electron chi connectivity index (χ1n) is 7.53. The van der Waals surface area contributed by atoms with Crippen molar-refractivity contribution in [2.45, 2.75) is 26.0 Å². The van der Waals surface area contributed by atoms with Gasteiger partial charge in [-0.1, -0.05) is 31.2 Å². The van der Waals surface area contributed by atoms with Crippen LogP contribution in [0.4, 0.5) is 8.78 Å². The fraction of sp³-hybridized carbons (Fsp3) is 0.278. The maximum Gasteiger partial charge on any atom is 0.387 e. The molecule has 0 heterocycles. The topological polar surface area (TPSA) is 47.6 Å². The van der Waals surface area contributed by atoms with E-state index in [4.69, 9.17) is 4.74 Å². The highest BCUT2D eigenvalue weighted by molar-refractivity contribution is 5.94. The number of ether oxygens (including phenoxy) is 2. The Morgan fingerprint density at radius 2 is 1.92 bits per heavy atom.